The molecule has 0 spiro atoms. The normalized spacial score (nSPS) is 14.8. The van der Waals surface area contributed by atoms with Gasteiger partial charge < -0.3 is 15.1 Å². The maximum absolute atomic E-state index is 12.8. The van der Waals surface area contributed by atoms with Gasteiger partial charge in [0.25, 0.3) is 5.91 Å². The van der Waals surface area contributed by atoms with Crippen molar-refractivity contribution >= 4 is 28.9 Å². The molecule has 6 nitrogen and oxygen atoms in total. The molecule has 3 aromatic rings. The number of aromatic nitrogens is 2. The van der Waals surface area contributed by atoms with E-state index >= 15 is 0 Å². The molecule has 1 aromatic carbocycles. The number of benzene rings is 1. The average molecular weight is 408 g/mol. The second-order valence-corrected chi connectivity index (χ2v) is 8.32. The Morgan fingerprint density at radius 3 is 2.24 bits per heavy atom. The first-order valence-electron chi connectivity index (χ1n) is 9.75. The lowest BCUT2D eigenvalue weighted by molar-refractivity contribution is 0.102. The van der Waals surface area contributed by atoms with Crippen molar-refractivity contribution in [2.75, 3.05) is 43.4 Å². The van der Waals surface area contributed by atoms with Crippen molar-refractivity contribution in [3.63, 3.8) is 0 Å². The van der Waals surface area contributed by atoms with E-state index in [2.05, 4.69) is 38.2 Å². The van der Waals surface area contributed by atoms with E-state index in [1.807, 2.05) is 49.6 Å². The van der Waals surface area contributed by atoms with Crippen LogP contribution in [0.2, 0.25) is 0 Å². The second kappa shape index (κ2) is 8.31. The first kappa shape index (κ1) is 19.5. The van der Waals surface area contributed by atoms with Crippen LogP contribution in [0, 0.1) is 13.8 Å². The number of piperazine rings is 1. The van der Waals surface area contributed by atoms with E-state index in [9.17, 15) is 4.79 Å². The Kier molecular flexibility index (Phi) is 5.60. The maximum atomic E-state index is 12.8. The molecule has 3 heterocycles. The van der Waals surface area contributed by atoms with E-state index in [0.717, 1.165) is 49.1 Å². The van der Waals surface area contributed by atoms with Gasteiger partial charge in [0.1, 0.15) is 0 Å². The van der Waals surface area contributed by atoms with Crippen LogP contribution in [0.25, 0.3) is 10.4 Å². The van der Waals surface area contributed by atoms with Crippen molar-refractivity contribution in [1.29, 1.82) is 0 Å². The fourth-order valence-corrected chi connectivity index (χ4v) is 4.17. The zero-order chi connectivity index (χ0) is 20.4. The summed E-state index contributed by atoms with van der Waals surface area (Å²) < 4.78 is 0. The van der Waals surface area contributed by atoms with E-state index in [-0.39, 0.29) is 5.91 Å². The number of carbonyl (C=O) groups is 1. The first-order chi connectivity index (χ1) is 14.0. The quantitative estimate of drug-likeness (QED) is 0.712. The van der Waals surface area contributed by atoms with Crippen molar-refractivity contribution in [3.8, 4) is 10.4 Å². The molecule has 0 unspecified atom stereocenters. The summed E-state index contributed by atoms with van der Waals surface area (Å²) in [6.07, 6.45) is 0. The minimum absolute atomic E-state index is 0.148. The third-order valence-electron chi connectivity index (χ3n) is 5.24. The Labute approximate surface area is 175 Å². The van der Waals surface area contributed by atoms with Crippen LogP contribution in [0.1, 0.15) is 21.7 Å². The van der Waals surface area contributed by atoms with Crippen LogP contribution >= 0.6 is 11.3 Å². The molecule has 0 atom stereocenters. The highest BCUT2D eigenvalue weighted by Gasteiger charge is 2.19. The SMILES string of the molecule is Cc1nc(N2CCN(C)CC2)nc(C)c1NC(=O)c1ccc(-c2cccs2)cc1. The average Bonchev–Trinajstić information content (AvgIpc) is 3.26. The van der Waals surface area contributed by atoms with Gasteiger partial charge in [0.05, 0.1) is 17.1 Å². The van der Waals surface area contributed by atoms with Crippen molar-refractivity contribution in [2.45, 2.75) is 13.8 Å². The van der Waals surface area contributed by atoms with Gasteiger partial charge in [-0.25, -0.2) is 9.97 Å². The molecule has 2 aromatic heterocycles. The molecule has 150 valence electrons. The molecule has 1 fully saturated rings. The van der Waals surface area contributed by atoms with Gasteiger partial charge in [-0.3, -0.25) is 4.79 Å². The molecule has 0 saturated carbocycles. The molecule has 1 aliphatic heterocycles. The summed E-state index contributed by atoms with van der Waals surface area (Å²) in [6.45, 7) is 7.67. The van der Waals surface area contributed by atoms with Gasteiger partial charge in [-0.05, 0) is 50.0 Å². The zero-order valence-electron chi connectivity index (χ0n) is 17.0. The summed E-state index contributed by atoms with van der Waals surface area (Å²) in [6, 6.07) is 11.8. The van der Waals surface area contributed by atoms with Crippen LogP contribution in [-0.2, 0) is 0 Å². The lowest BCUT2D eigenvalue weighted by Crippen LogP contribution is -2.45. The Hall–Kier alpha value is -2.77. The summed E-state index contributed by atoms with van der Waals surface area (Å²) in [5.74, 6) is 0.594. The van der Waals surface area contributed by atoms with E-state index in [0.29, 0.717) is 11.3 Å². The summed E-state index contributed by atoms with van der Waals surface area (Å²) >= 11 is 1.69. The number of amides is 1. The van der Waals surface area contributed by atoms with Crippen LogP contribution in [0.4, 0.5) is 11.6 Å². The molecule has 0 aliphatic carbocycles. The molecule has 1 aliphatic rings. The highest BCUT2D eigenvalue weighted by atomic mass is 32.1. The Bertz CT molecular complexity index is 970. The molecule has 1 amide bonds. The number of thiophene rings is 1. The molecule has 1 saturated heterocycles. The fraction of sp³-hybridized carbons (Fsp3) is 0.318. The molecular weight excluding hydrogens is 382 g/mol. The standard InChI is InChI=1S/C22H25N5OS/c1-15-20(16(2)24-22(23-15)27-12-10-26(3)11-13-27)25-21(28)18-8-6-17(7-9-18)19-5-4-14-29-19/h4-9,14H,10-13H2,1-3H3,(H,25,28). The molecule has 4 rings (SSSR count). The smallest absolute Gasteiger partial charge is 0.255 e. The number of hydrogen-bond donors (Lipinski definition) is 1. The predicted octanol–water partition coefficient (Wildman–Crippen LogP) is 3.83. The molecule has 0 radical (unpaired) electrons. The Morgan fingerprint density at radius 1 is 1.00 bits per heavy atom. The fourth-order valence-electron chi connectivity index (χ4n) is 3.44. The first-order valence-corrected chi connectivity index (χ1v) is 10.6. The largest absolute Gasteiger partial charge is 0.338 e. The number of carbonyl (C=O) groups excluding carboxylic acids is 1. The van der Waals surface area contributed by atoms with Crippen molar-refractivity contribution in [2.24, 2.45) is 0 Å². The molecule has 1 N–H and O–H groups in total. The number of anilines is 2. The number of nitrogens with zero attached hydrogens (tertiary/aromatic N) is 4. The summed E-state index contributed by atoms with van der Waals surface area (Å²) in [4.78, 5) is 27.8. The van der Waals surface area contributed by atoms with Crippen LogP contribution in [0.15, 0.2) is 41.8 Å². The van der Waals surface area contributed by atoms with E-state index < -0.39 is 0 Å². The monoisotopic (exact) mass is 407 g/mol. The molecule has 0 bridgehead atoms. The second-order valence-electron chi connectivity index (χ2n) is 7.37. The Morgan fingerprint density at radius 2 is 1.66 bits per heavy atom. The molecular formula is C22H25N5OS. The van der Waals surface area contributed by atoms with Crippen molar-refractivity contribution in [3.05, 3.63) is 58.7 Å². The van der Waals surface area contributed by atoms with Crippen LogP contribution in [0.5, 0.6) is 0 Å². The molecule has 29 heavy (non-hydrogen) atoms. The molecule has 7 heteroatoms. The predicted molar refractivity (Wildman–Crippen MR) is 119 cm³/mol. The van der Waals surface area contributed by atoms with Gasteiger partial charge >= 0.3 is 0 Å². The number of hydrogen-bond acceptors (Lipinski definition) is 6. The number of aryl methyl sites for hydroxylation is 2. The van der Waals surface area contributed by atoms with E-state index in [1.165, 1.54) is 4.88 Å². The van der Waals surface area contributed by atoms with Gasteiger partial charge in [0.15, 0.2) is 0 Å². The van der Waals surface area contributed by atoms with Crippen molar-refractivity contribution < 1.29 is 4.79 Å². The van der Waals surface area contributed by atoms with Crippen LogP contribution in [-0.4, -0.2) is 54.0 Å². The van der Waals surface area contributed by atoms with Gasteiger partial charge in [-0.1, -0.05) is 18.2 Å². The summed E-state index contributed by atoms with van der Waals surface area (Å²) in [5, 5.41) is 5.05. The van der Waals surface area contributed by atoms with E-state index in [4.69, 9.17) is 0 Å². The van der Waals surface area contributed by atoms with Gasteiger partial charge in [0, 0.05) is 36.6 Å². The minimum Gasteiger partial charge on any atom is -0.338 e. The van der Waals surface area contributed by atoms with Gasteiger partial charge in [0.2, 0.25) is 5.95 Å². The van der Waals surface area contributed by atoms with Gasteiger partial charge in [-0.15, -0.1) is 11.3 Å². The third-order valence-corrected chi connectivity index (χ3v) is 6.16. The van der Waals surface area contributed by atoms with Crippen LogP contribution in [0.3, 0.4) is 0 Å². The summed E-state index contributed by atoms with van der Waals surface area (Å²) in [7, 11) is 2.13. The Balaban J connectivity index is 1.49. The highest BCUT2D eigenvalue weighted by molar-refractivity contribution is 7.13. The lowest BCUT2D eigenvalue weighted by Gasteiger charge is -2.32. The van der Waals surface area contributed by atoms with E-state index in [1.54, 1.807) is 11.3 Å². The van der Waals surface area contributed by atoms with Crippen LogP contribution < -0.4 is 10.2 Å². The maximum Gasteiger partial charge on any atom is 0.255 e. The number of likely N-dealkylation sites (N-methyl/N-ethyl adjacent to an activating group) is 1. The number of rotatable bonds is 4. The topological polar surface area (TPSA) is 61.4 Å². The third kappa shape index (κ3) is 4.31. The van der Waals surface area contributed by atoms with Gasteiger partial charge in [-0.2, -0.15) is 0 Å². The zero-order valence-corrected chi connectivity index (χ0v) is 17.8. The number of nitrogens with one attached hydrogen (secondary N) is 1. The highest BCUT2D eigenvalue weighted by Crippen LogP contribution is 2.26. The minimum atomic E-state index is -0.148. The summed E-state index contributed by atoms with van der Waals surface area (Å²) in [5.41, 5.74) is 4.00. The van der Waals surface area contributed by atoms with Crippen molar-refractivity contribution in [1.82, 2.24) is 14.9 Å². The lowest BCUT2D eigenvalue weighted by atomic mass is 10.1.